The predicted molar refractivity (Wildman–Crippen MR) is 144 cm³/mol. The molecule has 0 radical (unpaired) electrons. The number of nitrogens with one attached hydrogen (secondary N) is 1. The first-order valence-corrected chi connectivity index (χ1v) is 12.9. The highest BCUT2D eigenvalue weighted by Gasteiger charge is 2.34. The lowest BCUT2D eigenvalue weighted by molar-refractivity contribution is -0.137. The first kappa shape index (κ1) is 27.6. The molecule has 12 heteroatoms. The summed E-state index contributed by atoms with van der Waals surface area (Å²) >= 11 is 0. The van der Waals surface area contributed by atoms with Gasteiger partial charge in [0, 0.05) is 23.9 Å². The number of halogens is 3. The number of nitrogens with zero attached hydrogens (tertiary/aromatic N) is 5. The number of imidazole rings is 1. The van der Waals surface area contributed by atoms with E-state index in [-0.39, 0.29) is 23.3 Å². The Balaban J connectivity index is 1.49. The van der Waals surface area contributed by atoms with Crippen molar-refractivity contribution in [2.24, 2.45) is 0 Å². The van der Waals surface area contributed by atoms with Crippen LogP contribution >= 0.6 is 0 Å². The number of carbonyl (C=O) groups is 2. The summed E-state index contributed by atoms with van der Waals surface area (Å²) in [5, 5.41) is 2.40. The van der Waals surface area contributed by atoms with Crippen molar-refractivity contribution in [1.82, 2.24) is 24.3 Å². The zero-order valence-corrected chi connectivity index (χ0v) is 22.2. The number of hydrogen-bond acceptors (Lipinski definition) is 6. The molecule has 41 heavy (non-hydrogen) atoms. The maximum absolute atomic E-state index is 13.0. The van der Waals surface area contributed by atoms with Gasteiger partial charge in [-0.25, -0.2) is 9.97 Å². The highest BCUT2D eigenvalue weighted by molar-refractivity contribution is 6.04. The number of fused-ring (bicyclic) bond motifs is 1. The minimum Gasteiger partial charge on any atom is -0.478 e. The number of carbonyl (C=O) groups excluding carboxylic acids is 2. The molecular formula is C29H25F3N6O3. The van der Waals surface area contributed by atoms with E-state index < -0.39 is 17.6 Å². The lowest BCUT2D eigenvalue weighted by Crippen LogP contribution is -2.30. The summed E-state index contributed by atoms with van der Waals surface area (Å²) in [6.07, 6.45) is 1.17. The van der Waals surface area contributed by atoms with Crippen molar-refractivity contribution in [3.63, 3.8) is 0 Å². The van der Waals surface area contributed by atoms with Crippen LogP contribution in [0, 0.1) is 11.8 Å². The zero-order chi connectivity index (χ0) is 29.1. The fourth-order valence-corrected chi connectivity index (χ4v) is 4.82. The third kappa shape index (κ3) is 5.56. The fourth-order valence-electron chi connectivity index (χ4n) is 4.82. The Morgan fingerprint density at radius 2 is 1.95 bits per heavy atom. The number of rotatable bonds is 6. The molecule has 0 saturated carbocycles. The second-order valence-electron chi connectivity index (χ2n) is 9.21. The summed E-state index contributed by atoms with van der Waals surface area (Å²) in [7, 11) is 0. The van der Waals surface area contributed by atoms with E-state index in [1.807, 2.05) is 11.3 Å². The Morgan fingerprint density at radius 1 is 1.17 bits per heavy atom. The smallest absolute Gasteiger partial charge is 0.416 e. The van der Waals surface area contributed by atoms with Gasteiger partial charge >= 0.3 is 6.18 Å². The van der Waals surface area contributed by atoms with Crippen LogP contribution in [0.3, 0.4) is 0 Å². The standard InChI is InChI=1S/C29H25F3N6O3/c1-3-6-24(39)37-14-5-7-21(37)27-36-26(22-16-33-17-25(38(22)27)41-4-2)18-8-10-19(11-9-18)28(40)35-23-15-20(12-13-34-23)29(30,31)32/h8-13,15-17,21H,4-5,7,14H2,1-2H3,(H,34,35,40). The van der Waals surface area contributed by atoms with Crippen LogP contribution < -0.4 is 10.1 Å². The van der Waals surface area contributed by atoms with Crippen LogP contribution in [0.5, 0.6) is 5.88 Å². The van der Waals surface area contributed by atoms with E-state index in [0.29, 0.717) is 48.1 Å². The first-order valence-electron chi connectivity index (χ1n) is 12.9. The van der Waals surface area contributed by atoms with Gasteiger partial charge in [-0.3, -0.25) is 19.0 Å². The van der Waals surface area contributed by atoms with E-state index in [2.05, 4.69) is 27.1 Å². The van der Waals surface area contributed by atoms with Gasteiger partial charge in [0.25, 0.3) is 11.8 Å². The summed E-state index contributed by atoms with van der Waals surface area (Å²) in [4.78, 5) is 40.3. The zero-order valence-electron chi connectivity index (χ0n) is 22.2. The molecule has 4 heterocycles. The Hall–Kier alpha value is -4.92. The second-order valence-corrected chi connectivity index (χ2v) is 9.21. The molecule has 1 unspecified atom stereocenters. The maximum atomic E-state index is 13.0. The van der Waals surface area contributed by atoms with E-state index in [1.165, 1.54) is 0 Å². The number of likely N-dealkylation sites (tertiary alicyclic amines) is 1. The van der Waals surface area contributed by atoms with Gasteiger partial charge in [-0.05, 0) is 56.9 Å². The van der Waals surface area contributed by atoms with Crippen molar-refractivity contribution in [2.75, 3.05) is 18.5 Å². The van der Waals surface area contributed by atoms with Crippen molar-refractivity contribution in [3.05, 3.63) is 71.9 Å². The van der Waals surface area contributed by atoms with E-state index >= 15 is 0 Å². The molecule has 9 nitrogen and oxygen atoms in total. The van der Waals surface area contributed by atoms with Crippen LogP contribution in [0.2, 0.25) is 0 Å². The van der Waals surface area contributed by atoms with Crippen LogP contribution in [-0.4, -0.2) is 49.2 Å². The fraction of sp³-hybridized carbons (Fsp3) is 0.276. The van der Waals surface area contributed by atoms with Crippen LogP contribution in [-0.2, 0) is 11.0 Å². The normalized spacial score (nSPS) is 15.0. The maximum Gasteiger partial charge on any atom is 0.416 e. The Morgan fingerprint density at radius 3 is 2.66 bits per heavy atom. The molecule has 1 saturated heterocycles. The molecule has 0 aliphatic carbocycles. The number of alkyl halides is 3. The number of amides is 2. The molecule has 4 aromatic rings. The highest BCUT2D eigenvalue weighted by Crippen LogP contribution is 2.37. The quantitative estimate of drug-likeness (QED) is 0.326. The molecule has 2 amide bonds. The second kappa shape index (κ2) is 11.3. The SMILES string of the molecule is CC#CC(=O)N1CCCC1c1nc(-c2ccc(C(=O)Nc3cc(C(F)(F)F)ccn3)cc2)c2cncc(OCC)n12. The lowest BCUT2D eigenvalue weighted by Gasteiger charge is -2.22. The monoisotopic (exact) mass is 562 g/mol. The van der Waals surface area contributed by atoms with Gasteiger partial charge in [-0.1, -0.05) is 18.1 Å². The molecular weight excluding hydrogens is 537 g/mol. The Kier molecular flexibility index (Phi) is 7.61. The summed E-state index contributed by atoms with van der Waals surface area (Å²) in [6.45, 7) is 4.43. The average Bonchev–Trinajstić information content (AvgIpc) is 3.59. The number of ether oxygens (including phenoxy) is 1. The van der Waals surface area contributed by atoms with Crippen LogP contribution in [0.4, 0.5) is 19.0 Å². The molecule has 1 atom stereocenters. The average molecular weight is 563 g/mol. The molecule has 3 aromatic heterocycles. The minimum absolute atomic E-state index is 0.211. The van der Waals surface area contributed by atoms with E-state index in [4.69, 9.17) is 9.72 Å². The molecule has 5 rings (SSSR count). The summed E-state index contributed by atoms with van der Waals surface area (Å²) in [5.74, 6) is 5.27. The first-order chi connectivity index (χ1) is 19.7. The van der Waals surface area contributed by atoms with Crippen molar-refractivity contribution in [3.8, 4) is 29.0 Å². The van der Waals surface area contributed by atoms with Crippen LogP contribution in [0.1, 0.15) is 54.5 Å². The summed E-state index contributed by atoms with van der Waals surface area (Å²) in [6, 6.07) is 7.75. The molecule has 210 valence electrons. The number of aromatic nitrogens is 4. The number of anilines is 1. The Labute approximate surface area is 233 Å². The largest absolute Gasteiger partial charge is 0.478 e. The van der Waals surface area contributed by atoms with E-state index in [1.54, 1.807) is 48.5 Å². The molecule has 0 bridgehead atoms. The summed E-state index contributed by atoms with van der Waals surface area (Å²) in [5.41, 5.74) is 1.20. The van der Waals surface area contributed by atoms with Crippen LogP contribution in [0.25, 0.3) is 16.8 Å². The van der Waals surface area contributed by atoms with Gasteiger partial charge < -0.3 is 15.0 Å². The van der Waals surface area contributed by atoms with E-state index in [0.717, 1.165) is 24.8 Å². The molecule has 1 fully saturated rings. The van der Waals surface area contributed by atoms with Crippen molar-refractivity contribution in [2.45, 2.75) is 38.9 Å². The van der Waals surface area contributed by atoms with Gasteiger partial charge in [0.15, 0.2) is 0 Å². The Bertz CT molecular complexity index is 1670. The lowest BCUT2D eigenvalue weighted by atomic mass is 10.1. The van der Waals surface area contributed by atoms with Gasteiger partial charge in [0.2, 0.25) is 5.88 Å². The number of benzene rings is 1. The molecule has 0 spiro atoms. The molecule has 1 aliphatic rings. The van der Waals surface area contributed by atoms with Crippen molar-refractivity contribution < 1.29 is 27.5 Å². The topological polar surface area (TPSA) is 102 Å². The highest BCUT2D eigenvalue weighted by atomic mass is 19.4. The predicted octanol–water partition coefficient (Wildman–Crippen LogP) is 5.15. The van der Waals surface area contributed by atoms with Crippen molar-refractivity contribution in [1.29, 1.82) is 0 Å². The molecule has 1 aromatic carbocycles. The minimum atomic E-state index is -4.56. The van der Waals surface area contributed by atoms with Gasteiger partial charge in [0.1, 0.15) is 11.6 Å². The van der Waals surface area contributed by atoms with Gasteiger partial charge in [-0.2, -0.15) is 13.2 Å². The molecule has 1 N–H and O–H groups in total. The number of hydrogen-bond donors (Lipinski definition) is 1. The number of pyridine rings is 1. The van der Waals surface area contributed by atoms with Gasteiger partial charge in [0.05, 0.1) is 41.8 Å². The third-order valence-corrected chi connectivity index (χ3v) is 6.63. The van der Waals surface area contributed by atoms with Crippen molar-refractivity contribution >= 4 is 23.1 Å². The summed E-state index contributed by atoms with van der Waals surface area (Å²) < 4.78 is 46.8. The van der Waals surface area contributed by atoms with Crippen LogP contribution in [0.15, 0.2) is 55.0 Å². The molecule has 1 aliphatic heterocycles. The van der Waals surface area contributed by atoms with E-state index in [9.17, 15) is 22.8 Å². The van der Waals surface area contributed by atoms with Gasteiger partial charge in [-0.15, -0.1) is 0 Å². The third-order valence-electron chi connectivity index (χ3n) is 6.63.